The Labute approximate surface area is 145 Å². The number of ether oxygens (including phenoxy) is 3. The zero-order chi connectivity index (χ0) is 16.6. The molecule has 24 heavy (non-hydrogen) atoms. The van der Waals surface area contributed by atoms with Crippen LogP contribution < -0.4 is 4.74 Å². The van der Waals surface area contributed by atoms with Crippen LogP contribution in [0.25, 0.3) is 0 Å². The average molecular weight is 330 g/mol. The van der Waals surface area contributed by atoms with Crippen molar-refractivity contribution in [1.82, 2.24) is 0 Å². The summed E-state index contributed by atoms with van der Waals surface area (Å²) in [6.07, 6.45) is 8.51. The summed E-state index contributed by atoms with van der Waals surface area (Å²) in [4.78, 5) is 0. The summed E-state index contributed by atoms with van der Waals surface area (Å²) in [6.45, 7) is 3.64. The maximum atomic E-state index is 6.08. The van der Waals surface area contributed by atoms with Gasteiger partial charge in [-0.3, -0.25) is 0 Å². The number of methoxy groups -OCH3 is 1. The van der Waals surface area contributed by atoms with Gasteiger partial charge in [0.2, 0.25) is 0 Å². The second-order valence-electron chi connectivity index (χ2n) is 8.36. The van der Waals surface area contributed by atoms with E-state index >= 15 is 0 Å². The fourth-order valence-corrected chi connectivity index (χ4v) is 5.93. The SMILES string of the molecule is COCCOCOc1cc(C)ccc1C12CC3CC(CC(C3)C1)C2. The lowest BCUT2D eigenvalue weighted by Gasteiger charge is -2.57. The Morgan fingerprint density at radius 3 is 2.29 bits per heavy atom. The average Bonchev–Trinajstić information content (AvgIpc) is 2.53. The minimum Gasteiger partial charge on any atom is -0.467 e. The fraction of sp³-hybridized carbons (Fsp3) is 0.714. The summed E-state index contributed by atoms with van der Waals surface area (Å²) < 4.78 is 16.6. The molecule has 0 atom stereocenters. The van der Waals surface area contributed by atoms with E-state index in [2.05, 4.69) is 25.1 Å². The molecule has 4 bridgehead atoms. The maximum Gasteiger partial charge on any atom is 0.189 e. The molecule has 0 saturated heterocycles. The fourth-order valence-electron chi connectivity index (χ4n) is 5.93. The third-order valence-electron chi connectivity index (χ3n) is 6.48. The monoisotopic (exact) mass is 330 g/mol. The Hall–Kier alpha value is -1.06. The number of rotatable bonds is 7. The Kier molecular flexibility index (Phi) is 4.57. The van der Waals surface area contributed by atoms with E-state index in [4.69, 9.17) is 14.2 Å². The lowest BCUT2D eigenvalue weighted by atomic mass is 9.48. The molecule has 3 heteroatoms. The first kappa shape index (κ1) is 16.4. The van der Waals surface area contributed by atoms with Gasteiger partial charge in [0.25, 0.3) is 0 Å². The zero-order valence-electron chi connectivity index (χ0n) is 15.1. The quantitative estimate of drug-likeness (QED) is 0.545. The summed E-state index contributed by atoms with van der Waals surface area (Å²) in [6, 6.07) is 6.80. The Morgan fingerprint density at radius 2 is 1.67 bits per heavy atom. The van der Waals surface area contributed by atoms with Gasteiger partial charge in [0.1, 0.15) is 5.75 Å². The van der Waals surface area contributed by atoms with Crippen molar-refractivity contribution in [2.75, 3.05) is 27.1 Å². The van der Waals surface area contributed by atoms with E-state index in [0.717, 1.165) is 23.5 Å². The van der Waals surface area contributed by atoms with Crippen molar-refractivity contribution < 1.29 is 14.2 Å². The van der Waals surface area contributed by atoms with Gasteiger partial charge in [0.15, 0.2) is 6.79 Å². The number of benzene rings is 1. The predicted molar refractivity (Wildman–Crippen MR) is 94.4 cm³/mol. The summed E-state index contributed by atoms with van der Waals surface area (Å²) in [5, 5.41) is 0. The zero-order valence-corrected chi connectivity index (χ0v) is 15.1. The van der Waals surface area contributed by atoms with Crippen molar-refractivity contribution in [1.29, 1.82) is 0 Å². The van der Waals surface area contributed by atoms with E-state index in [-0.39, 0.29) is 0 Å². The molecule has 0 heterocycles. The van der Waals surface area contributed by atoms with Crippen LogP contribution in [0.5, 0.6) is 5.75 Å². The molecule has 0 aliphatic heterocycles. The van der Waals surface area contributed by atoms with Gasteiger partial charge in [-0.15, -0.1) is 0 Å². The number of aryl methyl sites for hydroxylation is 1. The molecule has 4 fully saturated rings. The molecular weight excluding hydrogens is 300 g/mol. The van der Waals surface area contributed by atoms with E-state index in [1.54, 1.807) is 7.11 Å². The lowest BCUT2D eigenvalue weighted by molar-refractivity contribution is -0.0189. The van der Waals surface area contributed by atoms with Crippen molar-refractivity contribution in [3.8, 4) is 5.75 Å². The minimum absolute atomic E-state index is 0.312. The molecule has 0 radical (unpaired) electrons. The molecule has 1 aromatic carbocycles. The van der Waals surface area contributed by atoms with Gasteiger partial charge in [-0.25, -0.2) is 0 Å². The third-order valence-corrected chi connectivity index (χ3v) is 6.48. The van der Waals surface area contributed by atoms with Gasteiger partial charge in [-0.05, 0) is 80.2 Å². The van der Waals surface area contributed by atoms with Crippen LogP contribution in [0, 0.1) is 24.7 Å². The highest BCUT2D eigenvalue weighted by atomic mass is 16.7. The van der Waals surface area contributed by atoms with Crippen molar-refractivity contribution in [2.24, 2.45) is 17.8 Å². The van der Waals surface area contributed by atoms with Crippen LogP contribution in [0.15, 0.2) is 18.2 Å². The smallest absolute Gasteiger partial charge is 0.189 e. The van der Waals surface area contributed by atoms with E-state index in [1.807, 2.05) is 0 Å². The van der Waals surface area contributed by atoms with Crippen molar-refractivity contribution in [3.05, 3.63) is 29.3 Å². The Morgan fingerprint density at radius 1 is 1.00 bits per heavy atom. The molecule has 4 aliphatic carbocycles. The van der Waals surface area contributed by atoms with Crippen molar-refractivity contribution >= 4 is 0 Å². The van der Waals surface area contributed by atoms with Crippen molar-refractivity contribution in [3.63, 3.8) is 0 Å². The molecule has 0 spiro atoms. The van der Waals surface area contributed by atoms with Crippen LogP contribution >= 0.6 is 0 Å². The highest BCUT2D eigenvalue weighted by Gasteiger charge is 2.52. The molecule has 4 saturated carbocycles. The molecule has 0 aromatic heterocycles. The highest BCUT2D eigenvalue weighted by molar-refractivity contribution is 5.44. The van der Waals surface area contributed by atoms with Gasteiger partial charge >= 0.3 is 0 Å². The first-order valence-corrected chi connectivity index (χ1v) is 9.49. The summed E-state index contributed by atoms with van der Waals surface area (Å²) >= 11 is 0. The van der Waals surface area contributed by atoms with Crippen LogP contribution in [0.1, 0.15) is 49.7 Å². The van der Waals surface area contributed by atoms with E-state index < -0.39 is 0 Å². The number of hydrogen-bond donors (Lipinski definition) is 0. The molecule has 1 aromatic rings. The molecule has 0 unspecified atom stereocenters. The summed E-state index contributed by atoms with van der Waals surface area (Å²) in [7, 11) is 1.69. The lowest BCUT2D eigenvalue weighted by Crippen LogP contribution is -2.48. The molecule has 4 aliphatic rings. The second kappa shape index (κ2) is 6.68. The molecule has 0 N–H and O–H groups in total. The van der Waals surface area contributed by atoms with Crippen LogP contribution in [0.2, 0.25) is 0 Å². The summed E-state index contributed by atoms with van der Waals surface area (Å²) in [5.41, 5.74) is 3.07. The maximum absolute atomic E-state index is 6.08. The first-order chi connectivity index (χ1) is 11.7. The highest BCUT2D eigenvalue weighted by Crippen LogP contribution is 2.61. The Balaban J connectivity index is 1.54. The summed E-state index contributed by atoms with van der Waals surface area (Å²) in [5.74, 6) is 3.89. The molecule has 5 rings (SSSR count). The van der Waals surface area contributed by atoms with Crippen LogP contribution in [-0.4, -0.2) is 27.1 Å². The topological polar surface area (TPSA) is 27.7 Å². The standard InChI is InChI=1S/C21H30O3/c1-15-3-4-19(20(7-15)24-14-23-6-5-22-2)21-11-16-8-17(12-21)10-18(9-16)13-21/h3-4,7,16-18H,5-6,8-14H2,1-2H3. The predicted octanol–water partition coefficient (Wildman–Crippen LogP) is 4.46. The molecule has 3 nitrogen and oxygen atoms in total. The molecular formula is C21H30O3. The van der Waals surface area contributed by atoms with Gasteiger partial charge in [-0.1, -0.05) is 12.1 Å². The van der Waals surface area contributed by atoms with Crippen LogP contribution in [0.3, 0.4) is 0 Å². The van der Waals surface area contributed by atoms with E-state index in [9.17, 15) is 0 Å². The van der Waals surface area contributed by atoms with E-state index in [0.29, 0.717) is 25.4 Å². The van der Waals surface area contributed by atoms with Gasteiger partial charge in [0.05, 0.1) is 13.2 Å². The minimum atomic E-state index is 0.312. The van der Waals surface area contributed by atoms with Crippen LogP contribution in [-0.2, 0) is 14.9 Å². The van der Waals surface area contributed by atoms with Crippen LogP contribution in [0.4, 0.5) is 0 Å². The van der Waals surface area contributed by atoms with Gasteiger partial charge in [0, 0.05) is 12.7 Å². The second-order valence-corrected chi connectivity index (χ2v) is 8.36. The van der Waals surface area contributed by atoms with Crippen molar-refractivity contribution in [2.45, 2.75) is 50.9 Å². The van der Waals surface area contributed by atoms with Gasteiger partial charge < -0.3 is 14.2 Å². The van der Waals surface area contributed by atoms with E-state index in [1.165, 1.54) is 49.7 Å². The van der Waals surface area contributed by atoms with Gasteiger partial charge in [-0.2, -0.15) is 0 Å². The largest absolute Gasteiger partial charge is 0.467 e. The number of hydrogen-bond acceptors (Lipinski definition) is 3. The molecule has 132 valence electrons. The normalized spacial score (nSPS) is 33.8. The Bertz CT molecular complexity index is 545. The third kappa shape index (κ3) is 3.09. The molecule has 0 amide bonds. The first-order valence-electron chi connectivity index (χ1n) is 9.49.